The van der Waals surface area contributed by atoms with Crippen molar-refractivity contribution < 1.29 is 4.79 Å². The van der Waals surface area contributed by atoms with Crippen LogP contribution in [-0.4, -0.2) is 22.0 Å². The number of hydrogen-bond acceptors (Lipinski definition) is 4. The number of carbonyl (C=O) groups is 1. The van der Waals surface area contributed by atoms with Gasteiger partial charge in [0.1, 0.15) is 0 Å². The van der Waals surface area contributed by atoms with Gasteiger partial charge >= 0.3 is 0 Å². The third-order valence-corrected chi connectivity index (χ3v) is 4.76. The molecule has 0 saturated carbocycles. The van der Waals surface area contributed by atoms with E-state index in [0.717, 1.165) is 41.6 Å². The van der Waals surface area contributed by atoms with Crippen LogP contribution < -0.4 is 11.1 Å². The Labute approximate surface area is 135 Å². The lowest BCUT2D eigenvalue weighted by atomic mass is 10.1. The highest BCUT2D eigenvalue weighted by Gasteiger charge is 2.22. The van der Waals surface area contributed by atoms with Gasteiger partial charge in [0.05, 0.1) is 17.0 Å². The number of aromatic nitrogens is 2. The molecule has 1 amide bonds. The maximum absolute atomic E-state index is 11.7. The van der Waals surface area contributed by atoms with Crippen LogP contribution in [0.3, 0.4) is 0 Å². The van der Waals surface area contributed by atoms with Crippen LogP contribution in [0.25, 0.3) is 11.4 Å². The van der Waals surface area contributed by atoms with Gasteiger partial charge in [-0.1, -0.05) is 13.8 Å². The lowest BCUT2D eigenvalue weighted by Crippen LogP contribution is -2.14. The van der Waals surface area contributed by atoms with E-state index < -0.39 is 0 Å². The summed E-state index contributed by atoms with van der Waals surface area (Å²) in [5.41, 5.74) is 8.90. The van der Waals surface area contributed by atoms with Gasteiger partial charge in [-0.2, -0.15) is 0 Å². The van der Waals surface area contributed by atoms with Crippen molar-refractivity contribution in [1.29, 1.82) is 0 Å². The smallest absolute Gasteiger partial charge is 0.250 e. The van der Waals surface area contributed by atoms with Crippen molar-refractivity contribution in [2.45, 2.75) is 46.6 Å². The SMILES string of the molecule is CCNc1nc(-c2cc(C(N)=O)c(C)n2C(CC)CC)cs1. The molecule has 2 aromatic heterocycles. The molecule has 0 radical (unpaired) electrons. The predicted molar refractivity (Wildman–Crippen MR) is 92.6 cm³/mol. The van der Waals surface area contributed by atoms with Gasteiger partial charge in [0.2, 0.25) is 0 Å². The van der Waals surface area contributed by atoms with Gasteiger partial charge in [-0.25, -0.2) is 4.98 Å². The van der Waals surface area contributed by atoms with Crippen molar-refractivity contribution >= 4 is 22.4 Å². The minimum atomic E-state index is -0.384. The van der Waals surface area contributed by atoms with Gasteiger partial charge in [-0.15, -0.1) is 11.3 Å². The fourth-order valence-electron chi connectivity index (χ4n) is 2.82. The Kier molecular flexibility index (Phi) is 5.24. The number of nitrogens with two attached hydrogens (primary N) is 1. The average molecular weight is 320 g/mol. The van der Waals surface area contributed by atoms with Crippen LogP contribution in [0.15, 0.2) is 11.4 Å². The fourth-order valence-corrected chi connectivity index (χ4v) is 3.59. The molecule has 0 aromatic carbocycles. The zero-order valence-electron chi connectivity index (χ0n) is 13.6. The highest BCUT2D eigenvalue weighted by Crippen LogP contribution is 2.33. The minimum absolute atomic E-state index is 0.340. The zero-order valence-corrected chi connectivity index (χ0v) is 14.5. The highest BCUT2D eigenvalue weighted by molar-refractivity contribution is 7.14. The summed E-state index contributed by atoms with van der Waals surface area (Å²) in [6.07, 6.45) is 2.00. The van der Waals surface area contributed by atoms with E-state index in [2.05, 4.69) is 28.7 Å². The first-order valence-corrected chi connectivity index (χ1v) is 8.62. The van der Waals surface area contributed by atoms with E-state index >= 15 is 0 Å². The molecule has 3 N–H and O–H groups in total. The van der Waals surface area contributed by atoms with Gasteiger partial charge in [0.25, 0.3) is 5.91 Å². The Bertz CT molecular complexity index is 655. The Morgan fingerprint density at radius 2 is 2.09 bits per heavy atom. The summed E-state index contributed by atoms with van der Waals surface area (Å²) in [6, 6.07) is 2.22. The molecule has 5 nitrogen and oxygen atoms in total. The number of primary amides is 1. The van der Waals surface area contributed by atoms with E-state index in [1.807, 2.05) is 25.3 Å². The third kappa shape index (κ3) is 3.02. The van der Waals surface area contributed by atoms with Crippen molar-refractivity contribution in [3.8, 4) is 11.4 Å². The highest BCUT2D eigenvalue weighted by atomic mass is 32.1. The summed E-state index contributed by atoms with van der Waals surface area (Å²) < 4.78 is 2.21. The van der Waals surface area contributed by atoms with E-state index in [1.54, 1.807) is 11.3 Å². The minimum Gasteiger partial charge on any atom is -0.366 e. The van der Waals surface area contributed by atoms with Crippen LogP contribution in [0, 0.1) is 6.92 Å². The number of amides is 1. The largest absolute Gasteiger partial charge is 0.366 e. The summed E-state index contributed by atoms with van der Waals surface area (Å²) in [6.45, 7) is 9.16. The van der Waals surface area contributed by atoms with Crippen LogP contribution in [0.2, 0.25) is 0 Å². The molecule has 0 aliphatic rings. The average Bonchev–Trinajstić information content (AvgIpc) is 3.07. The molecule has 2 aromatic rings. The second-order valence-corrected chi connectivity index (χ2v) is 6.16. The molecule has 0 fully saturated rings. The standard InChI is InChI=1S/C16H24N4OS/c1-5-11(6-2)20-10(4)12(15(17)21)8-14(20)13-9-22-16(19-13)18-7-3/h8-9,11H,5-7H2,1-4H3,(H2,17,21)(H,18,19). The third-order valence-electron chi connectivity index (χ3n) is 3.96. The number of hydrogen-bond donors (Lipinski definition) is 2. The second kappa shape index (κ2) is 6.96. The molecular weight excluding hydrogens is 296 g/mol. The first kappa shape index (κ1) is 16.5. The number of thiazole rings is 1. The van der Waals surface area contributed by atoms with Crippen LogP contribution in [-0.2, 0) is 0 Å². The van der Waals surface area contributed by atoms with E-state index in [9.17, 15) is 4.79 Å². The lowest BCUT2D eigenvalue weighted by molar-refractivity contribution is 0.0999. The van der Waals surface area contributed by atoms with Crippen molar-refractivity contribution in [2.75, 3.05) is 11.9 Å². The number of rotatable bonds is 7. The molecule has 6 heteroatoms. The molecule has 0 bridgehead atoms. The number of nitrogens with one attached hydrogen (secondary N) is 1. The Morgan fingerprint density at radius 3 is 2.64 bits per heavy atom. The molecule has 0 saturated heterocycles. The van der Waals surface area contributed by atoms with Crippen molar-refractivity contribution in [2.24, 2.45) is 5.73 Å². The molecule has 0 aliphatic heterocycles. The quantitative estimate of drug-likeness (QED) is 0.814. The van der Waals surface area contributed by atoms with E-state index in [0.29, 0.717) is 11.6 Å². The van der Waals surface area contributed by atoms with Gasteiger partial charge in [0.15, 0.2) is 5.13 Å². The second-order valence-electron chi connectivity index (χ2n) is 5.30. The summed E-state index contributed by atoms with van der Waals surface area (Å²) in [4.78, 5) is 16.3. The molecule has 2 heterocycles. The van der Waals surface area contributed by atoms with Crippen molar-refractivity contribution in [3.63, 3.8) is 0 Å². The number of anilines is 1. The normalized spacial score (nSPS) is 11.1. The molecule has 0 atom stereocenters. The summed E-state index contributed by atoms with van der Waals surface area (Å²) in [7, 11) is 0. The fraction of sp³-hybridized carbons (Fsp3) is 0.500. The number of nitrogens with zero attached hydrogens (tertiary/aromatic N) is 2. The topological polar surface area (TPSA) is 72.9 Å². The van der Waals surface area contributed by atoms with Crippen LogP contribution >= 0.6 is 11.3 Å². The van der Waals surface area contributed by atoms with E-state index in [-0.39, 0.29) is 5.91 Å². The monoisotopic (exact) mass is 320 g/mol. The van der Waals surface area contributed by atoms with Crippen molar-refractivity contribution in [1.82, 2.24) is 9.55 Å². The summed E-state index contributed by atoms with van der Waals surface area (Å²) >= 11 is 1.58. The van der Waals surface area contributed by atoms with E-state index in [1.165, 1.54) is 0 Å². The summed E-state index contributed by atoms with van der Waals surface area (Å²) in [5.74, 6) is -0.384. The number of carbonyl (C=O) groups excluding carboxylic acids is 1. The van der Waals surface area contributed by atoms with Gasteiger partial charge in [-0.05, 0) is 32.8 Å². The van der Waals surface area contributed by atoms with Crippen LogP contribution in [0.5, 0.6) is 0 Å². The molecule has 120 valence electrons. The molecular formula is C16H24N4OS. The Morgan fingerprint density at radius 1 is 1.41 bits per heavy atom. The first-order chi connectivity index (χ1) is 10.5. The maximum atomic E-state index is 11.7. The van der Waals surface area contributed by atoms with Gasteiger partial charge < -0.3 is 15.6 Å². The first-order valence-electron chi connectivity index (χ1n) is 7.74. The molecule has 0 spiro atoms. The molecule has 2 rings (SSSR count). The van der Waals surface area contributed by atoms with Crippen LogP contribution in [0.1, 0.15) is 55.7 Å². The molecule has 0 unspecified atom stereocenters. The summed E-state index contributed by atoms with van der Waals surface area (Å²) in [5, 5.41) is 6.15. The Balaban J connectivity index is 2.57. The molecule has 0 aliphatic carbocycles. The lowest BCUT2D eigenvalue weighted by Gasteiger charge is -2.20. The zero-order chi connectivity index (χ0) is 16.3. The van der Waals surface area contributed by atoms with Crippen molar-refractivity contribution in [3.05, 3.63) is 22.7 Å². The molecule has 22 heavy (non-hydrogen) atoms. The van der Waals surface area contributed by atoms with Crippen LogP contribution in [0.4, 0.5) is 5.13 Å². The predicted octanol–water partition coefficient (Wildman–Crippen LogP) is 3.81. The van der Waals surface area contributed by atoms with E-state index in [4.69, 9.17) is 5.73 Å². The maximum Gasteiger partial charge on any atom is 0.250 e. The Hall–Kier alpha value is -1.82. The van der Waals surface area contributed by atoms with Gasteiger partial charge in [-0.3, -0.25) is 4.79 Å². The van der Waals surface area contributed by atoms with Gasteiger partial charge in [0, 0.05) is 23.7 Å².